The summed E-state index contributed by atoms with van der Waals surface area (Å²) in [6.45, 7) is 0.115. The topological polar surface area (TPSA) is 73.1 Å². The summed E-state index contributed by atoms with van der Waals surface area (Å²) in [4.78, 5) is 15.6. The summed E-state index contributed by atoms with van der Waals surface area (Å²) in [5.41, 5.74) is 0.814. The minimum atomic E-state index is 0.0245. The molecule has 2 aromatic rings. The van der Waals surface area contributed by atoms with Gasteiger partial charge in [0.25, 0.3) is 0 Å². The summed E-state index contributed by atoms with van der Waals surface area (Å²) in [6, 6.07) is 7.80. The van der Waals surface area contributed by atoms with Crippen molar-refractivity contribution in [2.45, 2.75) is 44.7 Å². The summed E-state index contributed by atoms with van der Waals surface area (Å²) in [6.07, 6.45) is 5.84. The van der Waals surface area contributed by atoms with Crippen LogP contribution in [0.4, 0.5) is 0 Å². The third-order valence-electron chi connectivity index (χ3n) is 4.57. The van der Waals surface area contributed by atoms with Crippen LogP contribution < -0.4 is 4.74 Å². The van der Waals surface area contributed by atoms with E-state index in [1.54, 1.807) is 7.11 Å². The van der Waals surface area contributed by atoms with E-state index in [1.165, 1.54) is 24.1 Å². The molecule has 1 aromatic heterocycles. The summed E-state index contributed by atoms with van der Waals surface area (Å²) in [5.74, 6) is 1.25. The van der Waals surface area contributed by atoms with Crippen molar-refractivity contribution in [3.8, 4) is 17.1 Å². The van der Waals surface area contributed by atoms with Crippen LogP contribution in [0, 0.1) is 0 Å². The molecule has 0 radical (unpaired) electrons. The smallest absolute Gasteiger partial charge is 0.246 e. The Morgan fingerprint density at radius 1 is 1.33 bits per heavy atom. The standard InChI is InChI=1S/C17H23N5O2/c1-21(14-8-4-3-5-9-14)16(23)12-22-19-17(18-20-22)13-7-6-10-15(11-13)24-2/h6-7,10-11,14H,3-5,8-9,12H2,1-2H3. The lowest BCUT2D eigenvalue weighted by Gasteiger charge is -2.31. The maximum absolute atomic E-state index is 12.4. The number of carbonyl (C=O) groups excluding carboxylic acids is 1. The Morgan fingerprint density at radius 3 is 2.88 bits per heavy atom. The highest BCUT2D eigenvalue weighted by Gasteiger charge is 2.22. The number of benzene rings is 1. The first-order valence-corrected chi connectivity index (χ1v) is 8.35. The van der Waals surface area contributed by atoms with Crippen LogP contribution >= 0.6 is 0 Å². The number of ether oxygens (including phenoxy) is 1. The lowest BCUT2D eigenvalue weighted by molar-refractivity contribution is -0.133. The van der Waals surface area contributed by atoms with Gasteiger partial charge in [0.05, 0.1) is 7.11 Å². The molecular weight excluding hydrogens is 306 g/mol. The van der Waals surface area contributed by atoms with Crippen molar-refractivity contribution in [2.24, 2.45) is 0 Å². The zero-order chi connectivity index (χ0) is 16.9. The van der Waals surface area contributed by atoms with Gasteiger partial charge < -0.3 is 9.64 Å². The zero-order valence-corrected chi connectivity index (χ0v) is 14.2. The van der Waals surface area contributed by atoms with Gasteiger partial charge in [0.2, 0.25) is 11.7 Å². The average Bonchev–Trinajstić information content (AvgIpc) is 3.10. The van der Waals surface area contributed by atoms with Crippen molar-refractivity contribution in [1.29, 1.82) is 0 Å². The van der Waals surface area contributed by atoms with Gasteiger partial charge in [-0.05, 0) is 30.2 Å². The zero-order valence-electron chi connectivity index (χ0n) is 14.2. The number of hydrogen-bond donors (Lipinski definition) is 0. The molecular formula is C17H23N5O2. The second-order valence-electron chi connectivity index (χ2n) is 6.17. The molecule has 0 saturated heterocycles. The van der Waals surface area contributed by atoms with E-state index >= 15 is 0 Å². The van der Waals surface area contributed by atoms with Crippen molar-refractivity contribution >= 4 is 5.91 Å². The number of methoxy groups -OCH3 is 1. The number of carbonyl (C=O) groups is 1. The number of likely N-dealkylation sites (N-methyl/N-ethyl adjacent to an activating group) is 1. The first-order chi connectivity index (χ1) is 11.7. The molecule has 0 unspecified atom stereocenters. The largest absolute Gasteiger partial charge is 0.497 e. The molecule has 24 heavy (non-hydrogen) atoms. The van der Waals surface area contributed by atoms with Crippen LogP contribution in [0.3, 0.4) is 0 Å². The van der Waals surface area contributed by atoms with E-state index < -0.39 is 0 Å². The summed E-state index contributed by atoms with van der Waals surface area (Å²) < 4.78 is 5.20. The Balaban J connectivity index is 1.65. The molecule has 7 nitrogen and oxygen atoms in total. The number of rotatable bonds is 5. The summed E-state index contributed by atoms with van der Waals surface area (Å²) in [7, 11) is 3.49. The minimum absolute atomic E-state index is 0.0245. The molecule has 1 saturated carbocycles. The Morgan fingerprint density at radius 2 is 2.12 bits per heavy atom. The van der Waals surface area contributed by atoms with Crippen LogP contribution in [0.2, 0.25) is 0 Å². The van der Waals surface area contributed by atoms with E-state index in [0.29, 0.717) is 11.9 Å². The van der Waals surface area contributed by atoms with Crippen LogP contribution in [0.1, 0.15) is 32.1 Å². The van der Waals surface area contributed by atoms with Crippen molar-refractivity contribution in [3.05, 3.63) is 24.3 Å². The van der Waals surface area contributed by atoms with Gasteiger partial charge in [-0.25, -0.2) is 0 Å². The van der Waals surface area contributed by atoms with E-state index in [-0.39, 0.29) is 12.5 Å². The molecule has 0 aliphatic heterocycles. The molecule has 1 aliphatic carbocycles. The van der Waals surface area contributed by atoms with E-state index in [9.17, 15) is 4.79 Å². The van der Waals surface area contributed by atoms with Gasteiger partial charge in [-0.2, -0.15) is 4.80 Å². The number of hydrogen-bond acceptors (Lipinski definition) is 5. The first-order valence-electron chi connectivity index (χ1n) is 8.35. The van der Waals surface area contributed by atoms with Crippen LogP contribution in [0.25, 0.3) is 11.4 Å². The monoisotopic (exact) mass is 329 g/mol. The quantitative estimate of drug-likeness (QED) is 0.840. The fraction of sp³-hybridized carbons (Fsp3) is 0.529. The minimum Gasteiger partial charge on any atom is -0.497 e. The van der Waals surface area contributed by atoms with Gasteiger partial charge in [0.15, 0.2) is 0 Å². The Kier molecular flexibility index (Phi) is 5.08. The lowest BCUT2D eigenvalue weighted by atomic mass is 9.94. The number of aromatic nitrogens is 4. The highest BCUT2D eigenvalue weighted by atomic mass is 16.5. The number of nitrogens with zero attached hydrogens (tertiary/aromatic N) is 5. The predicted molar refractivity (Wildman–Crippen MR) is 89.4 cm³/mol. The molecule has 1 aliphatic rings. The fourth-order valence-electron chi connectivity index (χ4n) is 3.09. The van der Waals surface area contributed by atoms with E-state index in [0.717, 1.165) is 24.2 Å². The summed E-state index contributed by atoms with van der Waals surface area (Å²) >= 11 is 0. The second kappa shape index (κ2) is 7.42. The number of tetrazole rings is 1. The van der Waals surface area contributed by atoms with Crippen molar-refractivity contribution in [3.63, 3.8) is 0 Å². The molecule has 128 valence electrons. The average molecular weight is 329 g/mol. The van der Waals surface area contributed by atoms with E-state index in [4.69, 9.17) is 4.74 Å². The Labute approximate surface area is 141 Å². The highest BCUT2D eigenvalue weighted by Crippen LogP contribution is 2.22. The maximum atomic E-state index is 12.4. The van der Waals surface area contributed by atoms with Gasteiger partial charge in [-0.3, -0.25) is 4.79 Å². The van der Waals surface area contributed by atoms with Gasteiger partial charge in [-0.15, -0.1) is 10.2 Å². The molecule has 1 fully saturated rings. The predicted octanol–water partition coefficient (Wildman–Crippen LogP) is 2.14. The molecule has 1 amide bonds. The third-order valence-corrected chi connectivity index (χ3v) is 4.57. The van der Waals surface area contributed by atoms with Gasteiger partial charge in [0.1, 0.15) is 12.3 Å². The van der Waals surface area contributed by atoms with Crippen LogP contribution in [0.15, 0.2) is 24.3 Å². The fourth-order valence-corrected chi connectivity index (χ4v) is 3.09. The highest BCUT2D eigenvalue weighted by molar-refractivity contribution is 5.75. The van der Waals surface area contributed by atoms with Crippen molar-refractivity contribution in [2.75, 3.05) is 14.2 Å². The molecule has 1 aromatic carbocycles. The Bertz CT molecular complexity index is 694. The van der Waals surface area contributed by atoms with Crippen molar-refractivity contribution < 1.29 is 9.53 Å². The van der Waals surface area contributed by atoms with E-state index in [2.05, 4.69) is 15.4 Å². The lowest BCUT2D eigenvalue weighted by Crippen LogP contribution is -2.40. The molecule has 3 rings (SSSR count). The summed E-state index contributed by atoms with van der Waals surface area (Å²) in [5, 5.41) is 12.4. The number of amides is 1. The van der Waals surface area contributed by atoms with E-state index in [1.807, 2.05) is 36.2 Å². The van der Waals surface area contributed by atoms with Gasteiger partial charge in [0, 0.05) is 18.7 Å². The molecule has 0 spiro atoms. The molecule has 0 bridgehead atoms. The molecule has 0 N–H and O–H groups in total. The molecule has 1 heterocycles. The van der Waals surface area contributed by atoms with Crippen LogP contribution in [-0.2, 0) is 11.3 Å². The van der Waals surface area contributed by atoms with Gasteiger partial charge in [-0.1, -0.05) is 31.4 Å². The maximum Gasteiger partial charge on any atom is 0.246 e. The normalized spacial score (nSPS) is 15.2. The van der Waals surface area contributed by atoms with Crippen LogP contribution in [0.5, 0.6) is 5.75 Å². The SMILES string of the molecule is COc1cccc(-c2nnn(CC(=O)N(C)C3CCCCC3)n2)c1. The third kappa shape index (κ3) is 3.72. The molecule has 7 heteroatoms. The first kappa shape index (κ1) is 16.4. The van der Waals surface area contributed by atoms with Crippen molar-refractivity contribution in [1.82, 2.24) is 25.1 Å². The Hall–Kier alpha value is -2.44. The van der Waals surface area contributed by atoms with Gasteiger partial charge >= 0.3 is 0 Å². The molecule has 0 atom stereocenters. The second-order valence-corrected chi connectivity index (χ2v) is 6.17. The van der Waals surface area contributed by atoms with Crippen LogP contribution in [-0.4, -0.2) is 51.2 Å².